The van der Waals surface area contributed by atoms with E-state index in [1.165, 1.54) is 24.7 Å². The average Bonchev–Trinajstić information content (AvgIpc) is 2.94. The Morgan fingerprint density at radius 2 is 2.00 bits per heavy atom. The van der Waals surface area contributed by atoms with E-state index in [0.717, 1.165) is 0 Å². The second-order valence-corrected chi connectivity index (χ2v) is 4.71. The molecule has 1 aromatic carbocycles. The molecule has 20 heavy (non-hydrogen) atoms. The van der Waals surface area contributed by atoms with Gasteiger partial charge in [-0.2, -0.15) is 0 Å². The van der Waals surface area contributed by atoms with Crippen LogP contribution in [0.3, 0.4) is 0 Å². The predicted molar refractivity (Wildman–Crippen MR) is 76.1 cm³/mol. The number of carbonyl (C=O) groups excluding carboxylic acids is 2. The number of benzene rings is 1. The number of anilines is 1. The molecule has 7 heteroatoms. The third-order valence-electron chi connectivity index (χ3n) is 2.40. The fourth-order valence-corrected chi connectivity index (χ4v) is 1.78. The molecule has 0 bridgehead atoms. The Morgan fingerprint density at radius 1 is 1.20 bits per heavy atom. The molecule has 0 atom stereocenters. The van der Waals surface area contributed by atoms with Crippen LogP contribution in [0.5, 0.6) is 0 Å². The van der Waals surface area contributed by atoms with E-state index in [1.807, 2.05) is 0 Å². The molecular formula is C13H10Cl2N2O3. The molecule has 0 saturated carbocycles. The molecule has 0 radical (unpaired) electrons. The number of carbonyl (C=O) groups is 2. The van der Waals surface area contributed by atoms with E-state index < -0.39 is 11.8 Å². The molecule has 2 amide bonds. The lowest BCUT2D eigenvalue weighted by molar-refractivity contribution is -0.115. The van der Waals surface area contributed by atoms with Crippen molar-refractivity contribution in [3.8, 4) is 0 Å². The molecule has 0 saturated heterocycles. The van der Waals surface area contributed by atoms with Crippen molar-refractivity contribution >= 4 is 40.7 Å². The first kappa shape index (κ1) is 14.4. The van der Waals surface area contributed by atoms with Crippen molar-refractivity contribution in [2.75, 3.05) is 11.9 Å². The van der Waals surface area contributed by atoms with E-state index in [2.05, 4.69) is 10.6 Å². The summed E-state index contributed by atoms with van der Waals surface area (Å²) >= 11 is 11.7. The summed E-state index contributed by atoms with van der Waals surface area (Å²) in [4.78, 5) is 23.3. The third kappa shape index (κ3) is 3.76. The molecule has 1 heterocycles. The van der Waals surface area contributed by atoms with Crippen molar-refractivity contribution < 1.29 is 14.0 Å². The minimum atomic E-state index is -0.411. The van der Waals surface area contributed by atoms with Gasteiger partial charge in [-0.05, 0) is 24.3 Å². The van der Waals surface area contributed by atoms with Gasteiger partial charge in [0.1, 0.15) is 6.26 Å². The summed E-state index contributed by atoms with van der Waals surface area (Å²) < 4.78 is 4.77. The van der Waals surface area contributed by atoms with Crippen LogP contribution in [0.1, 0.15) is 10.4 Å². The van der Waals surface area contributed by atoms with Crippen LogP contribution in [0, 0.1) is 0 Å². The molecule has 104 valence electrons. The molecule has 2 aromatic rings. The highest BCUT2D eigenvalue weighted by Crippen LogP contribution is 2.25. The van der Waals surface area contributed by atoms with Gasteiger partial charge >= 0.3 is 0 Å². The van der Waals surface area contributed by atoms with Crippen LogP contribution in [-0.4, -0.2) is 18.4 Å². The van der Waals surface area contributed by atoms with Gasteiger partial charge in [0.2, 0.25) is 5.91 Å². The van der Waals surface area contributed by atoms with Crippen LogP contribution < -0.4 is 10.6 Å². The number of furan rings is 1. The summed E-state index contributed by atoms with van der Waals surface area (Å²) in [5, 5.41) is 5.83. The number of nitrogens with one attached hydrogen (secondary N) is 2. The van der Waals surface area contributed by atoms with Gasteiger partial charge in [0.25, 0.3) is 5.91 Å². The molecule has 0 unspecified atom stereocenters. The average molecular weight is 313 g/mol. The Morgan fingerprint density at radius 3 is 2.70 bits per heavy atom. The summed E-state index contributed by atoms with van der Waals surface area (Å²) in [5.41, 5.74) is 0.736. The monoisotopic (exact) mass is 312 g/mol. The molecule has 5 nitrogen and oxygen atoms in total. The molecule has 2 N–H and O–H groups in total. The van der Waals surface area contributed by atoms with E-state index in [0.29, 0.717) is 21.3 Å². The van der Waals surface area contributed by atoms with Gasteiger partial charge < -0.3 is 15.1 Å². The second kappa shape index (κ2) is 6.45. The molecule has 0 fully saturated rings. The number of halogens is 2. The Balaban J connectivity index is 1.90. The lowest BCUT2D eigenvalue weighted by atomic mass is 10.3. The van der Waals surface area contributed by atoms with Gasteiger partial charge in [-0.15, -0.1) is 0 Å². The van der Waals surface area contributed by atoms with Crippen molar-refractivity contribution in [3.05, 3.63) is 52.4 Å². The molecule has 1 aromatic heterocycles. The maximum atomic E-state index is 11.7. The first-order chi connectivity index (χ1) is 9.56. The summed E-state index contributed by atoms with van der Waals surface area (Å²) in [7, 11) is 0. The zero-order chi connectivity index (χ0) is 14.5. The fraction of sp³-hybridized carbons (Fsp3) is 0.0769. The van der Waals surface area contributed by atoms with Crippen LogP contribution in [0.25, 0.3) is 0 Å². The third-order valence-corrected chi connectivity index (χ3v) is 2.96. The van der Waals surface area contributed by atoms with Crippen LogP contribution in [0.2, 0.25) is 10.0 Å². The maximum Gasteiger partial charge on any atom is 0.254 e. The summed E-state index contributed by atoms with van der Waals surface area (Å²) in [6, 6.07) is 6.21. The minimum Gasteiger partial charge on any atom is -0.472 e. The summed E-state index contributed by atoms with van der Waals surface area (Å²) in [6.07, 6.45) is 2.67. The normalized spacial score (nSPS) is 10.1. The molecule has 0 spiro atoms. The number of hydrogen-bond donors (Lipinski definition) is 2. The van der Waals surface area contributed by atoms with Crippen molar-refractivity contribution in [2.45, 2.75) is 0 Å². The maximum absolute atomic E-state index is 11.7. The van der Waals surface area contributed by atoms with E-state index >= 15 is 0 Å². The quantitative estimate of drug-likeness (QED) is 0.911. The molecule has 2 rings (SSSR count). The van der Waals surface area contributed by atoms with Crippen molar-refractivity contribution in [1.29, 1.82) is 0 Å². The molecular weight excluding hydrogens is 303 g/mol. The standard InChI is InChI=1S/C13H10Cl2N2O3/c14-9-1-2-10(15)11(5-9)17-12(18)6-16-13(19)8-3-4-20-7-8/h1-5,7H,6H2,(H,16,19)(H,17,18). The lowest BCUT2D eigenvalue weighted by Crippen LogP contribution is -2.32. The largest absolute Gasteiger partial charge is 0.472 e. The van der Waals surface area contributed by atoms with Crippen LogP contribution in [0.15, 0.2) is 41.2 Å². The van der Waals surface area contributed by atoms with Crippen molar-refractivity contribution in [2.24, 2.45) is 0 Å². The highest BCUT2D eigenvalue weighted by atomic mass is 35.5. The Kier molecular flexibility index (Phi) is 4.65. The van der Waals surface area contributed by atoms with Crippen molar-refractivity contribution in [3.63, 3.8) is 0 Å². The highest BCUT2D eigenvalue weighted by molar-refractivity contribution is 6.35. The van der Waals surface area contributed by atoms with Crippen LogP contribution in [-0.2, 0) is 4.79 Å². The number of amides is 2. The minimum absolute atomic E-state index is 0.188. The fourth-order valence-electron chi connectivity index (χ4n) is 1.44. The van der Waals surface area contributed by atoms with Crippen LogP contribution in [0.4, 0.5) is 5.69 Å². The van der Waals surface area contributed by atoms with Gasteiger partial charge in [0.05, 0.1) is 29.1 Å². The van der Waals surface area contributed by atoms with E-state index in [9.17, 15) is 9.59 Å². The number of rotatable bonds is 4. The Hall–Kier alpha value is -1.98. The smallest absolute Gasteiger partial charge is 0.254 e. The predicted octanol–water partition coefficient (Wildman–Crippen LogP) is 2.95. The van der Waals surface area contributed by atoms with E-state index in [1.54, 1.807) is 12.1 Å². The SMILES string of the molecule is O=C(CNC(=O)c1ccoc1)Nc1cc(Cl)ccc1Cl. The van der Waals surface area contributed by atoms with Gasteiger partial charge in [-0.25, -0.2) is 0 Å². The van der Waals surface area contributed by atoms with Gasteiger partial charge in [0, 0.05) is 5.02 Å². The Bertz CT molecular complexity index is 627. The summed E-state index contributed by atoms with van der Waals surface area (Å²) in [5.74, 6) is -0.808. The van der Waals surface area contributed by atoms with Gasteiger partial charge in [-0.3, -0.25) is 9.59 Å². The Labute approximate surface area is 124 Å². The molecule has 0 aliphatic heterocycles. The summed E-state index contributed by atoms with van der Waals surface area (Å²) in [6.45, 7) is -0.188. The molecule has 0 aliphatic rings. The van der Waals surface area contributed by atoms with Gasteiger partial charge in [0.15, 0.2) is 0 Å². The van der Waals surface area contributed by atoms with E-state index in [4.69, 9.17) is 27.6 Å². The van der Waals surface area contributed by atoms with Crippen molar-refractivity contribution in [1.82, 2.24) is 5.32 Å². The highest BCUT2D eigenvalue weighted by Gasteiger charge is 2.10. The van der Waals surface area contributed by atoms with E-state index in [-0.39, 0.29) is 6.54 Å². The topological polar surface area (TPSA) is 71.3 Å². The second-order valence-electron chi connectivity index (χ2n) is 3.87. The first-order valence-electron chi connectivity index (χ1n) is 5.61. The lowest BCUT2D eigenvalue weighted by Gasteiger charge is -2.08. The van der Waals surface area contributed by atoms with Crippen LogP contribution >= 0.6 is 23.2 Å². The number of hydrogen-bond acceptors (Lipinski definition) is 3. The zero-order valence-corrected chi connectivity index (χ0v) is 11.7. The first-order valence-corrected chi connectivity index (χ1v) is 6.37. The van der Waals surface area contributed by atoms with Gasteiger partial charge in [-0.1, -0.05) is 23.2 Å². The molecule has 0 aliphatic carbocycles. The zero-order valence-electron chi connectivity index (χ0n) is 10.2.